The summed E-state index contributed by atoms with van der Waals surface area (Å²) in [6.07, 6.45) is 0. The third kappa shape index (κ3) is 6.71. The fraction of sp³-hybridized carbons (Fsp3) is 0.217. The van der Waals surface area contributed by atoms with E-state index >= 15 is 0 Å². The van der Waals surface area contributed by atoms with Crippen LogP contribution in [0.3, 0.4) is 0 Å². The van der Waals surface area contributed by atoms with Crippen LogP contribution >= 0.6 is 9.24 Å². The van der Waals surface area contributed by atoms with Gasteiger partial charge in [-0.05, 0) is 47.5 Å². The summed E-state index contributed by atoms with van der Waals surface area (Å²) >= 11 is 0. The monoisotopic (exact) mass is 381 g/mol. The highest BCUT2D eigenvalue weighted by atomic mass is 31.0. The summed E-state index contributed by atoms with van der Waals surface area (Å²) < 4.78 is 11.1. The minimum Gasteiger partial charge on any atom is -0.497 e. The Hall–Kier alpha value is -2.35. The first-order valence-electron chi connectivity index (χ1n) is 9.19. The van der Waals surface area contributed by atoms with Crippen molar-refractivity contribution in [2.45, 2.75) is 26.2 Å². The SMILES string of the molecule is CC.COc1cccc(CNC(P)c2ccc(Oc3ccccc3)cc2)c1. The van der Waals surface area contributed by atoms with Crippen LogP contribution in [0.1, 0.15) is 30.8 Å². The first-order valence-corrected chi connectivity index (χ1v) is 9.86. The van der Waals surface area contributed by atoms with Crippen LogP contribution in [0.25, 0.3) is 0 Å². The average Bonchev–Trinajstić information content (AvgIpc) is 2.75. The molecule has 27 heavy (non-hydrogen) atoms. The molecule has 0 radical (unpaired) electrons. The molecule has 0 saturated heterocycles. The summed E-state index contributed by atoms with van der Waals surface area (Å²) in [5.74, 6) is 2.72. The van der Waals surface area contributed by atoms with Gasteiger partial charge < -0.3 is 14.8 Å². The lowest BCUT2D eigenvalue weighted by Crippen LogP contribution is -2.15. The molecule has 3 aromatic carbocycles. The molecule has 4 heteroatoms. The van der Waals surface area contributed by atoms with E-state index in [4.69, 9.17) is 9.47 Å². The Bertz CT molecular complexity index is 791. The number of para-hydroxylation sites is 1. The smallest absolute Gasteiger partial charge is 0.127 e. The highest BCUT2D eigenvalue weighted by molar-refractivity contribution is 7.17. The molecule has 142 valence electrons. The van der Waals surface area contributed by atoms with Crippen LogP contribution in [0.4, 0.5) is 0 Å². The maximum absolute atomic E-state index is 5.83. The van der Waals surface area contributed by atoms with Crippen molar-refractivity contribution in [3.8, 4) is 17.2 Å². The van der Waals surface area contributed by atoms with Crippen LogP contribution in [0.15, 0.2) is 78.9 Å². The fourth-order valence-electron chi connectivity index (χ4n) is 2.50. The Kier molecular flexibility index (Phi) is 8.83. The number of methoxy groups -OCH3 is 1. The van der Waals surface area contributed by atoms with Crippen molar-refractivity contribution < 1.29 is 9.47 Å². The van der Waals surface area contributed by atoms with Gasteiger partial charge in [0.15, 0.2) is 0 Å². The summed E-state index contributed by atoms with van der Waals surface area (Å²) in [5, 5.41) is 3.50. The van der Waals surface area contributed by atoms with Crippen molar-refractivity contribution in [1.29, 1.82) is 0 Å². The normalized spacial score (nSPS) is 11.1. The van der Waals surface area contributed by atoms with Gasteiger partial charge in [-0.2, -0.15) is 0 Å². The average molecular weight is 381 g/mol. The van der Waals surface area contributed by atoms with Crippen LogP contribution in [0.2, 0.25) is 0 Å². The van der Waals surface area contributed by atoms with Crippen LogP contribution in [-0.4, -0.2) is 7.11 Å². The third-order valence-corrected chi connectivity index (χ3v) is 4.50. The van der Waals surface area contributed by atoms with Crippen molar-refractivity contribution in [3.05, 3.63) is 90.0 Å². The van der Waals surface area contributed by atoms with Crippen LogP contribution < -0.4 is 14.8 Å². The maximum atomic E-state index is 5.83. The van der Waals surface area contributed by atoms with Gasteiger partial charge in [0.1, 0.15) is 17.2 Å². The molecule has 0 spiro atoms. The molecule has 3 nitrogen and oxygen atoms in total. The van der Waals surface area contributed by atoms with Gasteiger partial charge >= 0.3 is 0 Å². The van der Waals surface area contributed by atoms with Gasteiger partial charge in [0.25, 0.3) is 0 Å². The van der Waals surface area contributed by atoms with E-state index in [2.05, 4.69) is 32.8 Å². The molecule has 0 aliphatic carbocycles. The van der Waals surface area contributed by atoms with Gasteiger partial charge in [0, 0.05) is 12.3 Å². The Morgan fingerprint density at radius 2 is 1.44 bits per heavy atom. The summed E-state index contributed by atoms with van der Waals surface area (Å²) in [5.41, 5.74) is 2.38. The van der Waals surface area contributed by atoms with E-state index < -0.39 is 0 Å². The standard InChI is InChI=1S/C21H22NO2P.C2H6/c1-23-20-9-5-6-16(14-20)15-22-21(25)17-10-12-19(13-11-17)24-18-7-3-2-4-8-18;1-2/h2-14,21-22H,15,25H2,1H3;1-2H3. The molecule has 1 N–H and O–H groups in total. The number of rotatable bonds is 7. The Morgan fingerprint density at radius 3 is 2.11 bits per heavy atom. The first kappa shape index (κ1) is 21.0. The molecule has 0 bridgehead atoms. The summed E-state index contributed by atoms with van der Waals surface area (Å²) in [6.45, 7) is 4.77. The molecule has 2 atom stereocenters. The van der Waals surface area contributed by atoms with Crippen molar-refractivity contribution in [2.24, 2.45) is 0 Å². The third-order valence-electron chi connectivity index (χ3n) is 3.88. The number of hydrogen-bond donors (Lipinski definition) is 1. The van der Waals surface area contributed by atoms with E-state index in [1.807, 2.05) is 74.5 Å². The van der Waals surface area contributed by atoms with Gasteiger partial charge in [0.2, 0.25) is 0 Å². The maximum Gasteiger partial charge on any atom is 0.127 e. The summed E-state index contributed by atoms with van der Waals surface area (Å²) in [7, 11) is 4.52. The molecular formula is C23H28NO2P. The highest BCUT2D eigenvalue weighted by Crippen LogP contribution is 2.26. The van der Waals surface area contributed by atoms with Gasteiger partial charge in [-0.25, -0.2) is 0 Å². The van der Waals surface area contributed by atoms with Gasteiger partial charge in [-0.1, -0.05) is 56.3 Å². The van der Waals surface area contributed by atoms with Crippen LogP contribution in [0, 0.1) is 0 Å². The van der Waals surface area contributed by atoms with E-state index in [0.717, 1.165) is 23.8 Å². The number of benzene rings is 3. The zero-order valence-electron chi connectivity index (χ0n) is 16.2. The topological polar surface area (TPSA) is 30.5 Å². The lowest BCUT2D eigenvalue weighted by atomic mass is 10.2. The highest BCUT2D eigenvalue weighted by Gasteiger charge is 2.06. The molecule has 3 aromatic rings. The van der Waals surface area contributed by atoms with Crippen molar-refractivity contribution in [1.82, 2.24) is 5.32 Å². The quantitative estimate of drug-likeness (QED) is 0.496. The van der Waals surface area contributed by atoms with Gasteiger partial charge in [-0.15, -0.1) is 9.24 Å². The Balaban J connectivity index is 0.00000126. The molecule has 0 heterocycles. The molecule has 2 unspecified atom stereocenters. The predicted molar refractivity (Wildman–Crippen MR) is 117 cm³/mol. The fourth-order valence-corrected chi connectivity index (χ4v) is 2.84. The van der Waals surface area contributed by atoms with Gasteiger partial charge in [0.05, 0.1) is 7.11 Å². The van der Waals surface area contributed by atoms with Crippen molar-refractivity contribution >= 4 is 9.24 Å². The Labute approximate surface area is 164 Å². The lowest BCUT2D eigenvalue weighted by molar-refractivity contribution is 0.414. The van der Waals surface area contributed by atoms with Gasteiger partial charge in [-0.3, -0.25) is 0 Å². The molecule has 0 aromatic heterocycles. The summed E-state index contributed by atoms with van der Waals surface area (Å²) in [4.78, 5) is 0. The molecule has 0 aliphatic heterocycles. The second kappa shape index (κ2) is 11.4. The molecular weight excluding hydrogens is 353 g/mol. The number of ether oxygens (including phenoxy) is 2. The molecule has 0 aliphatic rings. The lowest BCUT2D eigenvalue weighted by Gasteiger charge is -2.15. The predicted octanol–water partition coefficient (Wildman–Crippen LogP) is 6.18. The minimum atomic E-state index is 0.164. The summed E-state index contributed by atoms with van der Waals surface area (Å²) in [6, 6.07) is 26.0. The van der Waals surface area contributed by atoms with Crippen LogP contribution in [0.5, 0.6) is 17.2 Å². The second-order valence-corrected chi connectivity index (χ2v) is 6.36. The van der Waals surface area contributed by atoms with E-state index in [9.17, 15) is 0 Å². The van der Waals surface area contributed by atoms with Crippen molar-refractivity contribution in [3.63, 3.8) is 0 Å². The van der Waals surface area contributed by atoms with Crippen molar-refractivity contribution in [2.75, 3.05) is 7.11 Å². The van der Waals surface area contributed by atoms with Crippen LogP contribution in [-0.2, 0) is 6.54 Å². The molecule has 0 saturated carbocycles. The molecule has 0 amide bonds. The number of nitrogens with one attached hydrogen (secondary N) is 1. The Morgan fingerprint density at radius 1 is 0.815 bits per heavy atom. The number of hydrogen-bond acceptors (Lipinski definition) is 3. The van der Waals surface area contributed by atoms with E-state index in [1.54, 1.807) is 7.11 Å². The first-order chi connectivity index (χ1) is 13.2. The molecule has 3 rings (SSSR count). The minimum absolute atomic E-state index is 0.164. The zero-order chi connectivity index (χ0) is 19.5. The second-order valence-electron chi connectivity index (χ2n) is 5.69. The zero-order valence-corrected chi connectivity index (χ0v) is 17.3. The molecule has 0 fully saturated rings. The largest absolute Gasteiger partial charge is 0.497 e. The van der Waals surface area contributed by atoms with E-state index in [-0.39, 0.29) is 5.78 Å². The van der Waals surface area contributed by atoms with E-state index in [0.29, 0.717) is 0 Å². The van der Waals surface area contributed by atoms with E-state index in [1.165, 1.54) is 11.1 Å².